The Morgan fingerprint density at radius 2 is 1.80 bits per heavy atom. The first kappa shape index (κ1) is 18.9. The molecule has 0 bridgehead atoms. The van der Waals surface area contributed by atoms with E-state index in [-0.39, 0.29) is 5.69 Å². The predicted octanol–water partition coefficient (Wildman–Crippen LogP) is 3.07. The number of carbonyl (C=O) groups excluding carboxylic acids is 1. The molecule has 0 aliphatic heterocycles. The van der Waals surface area contributed by atoms with Gasteiger partial charge in [-0.1, -0.05) is 12.1 Å². The summed E-state index contributed by atoms with van der Waals surface area (Å²) >= 11 is 0. The molecule has 2 rings (SSSR count). The van der Waals surface area contributed by atoms with E-state index >= 15 is 0 Å². The monoisotopic (exact) mass is 368 g/mol. The number of nitrogens with zero attached hydrogens (tertiary/aromatic N) is 1. The van der Waals surface area contributed by atoms with Crippen LogP contribution in [0, 0.1) is 18.6 Å². The van der Waals surface area contributed by atoms with Crippen LogP contribution in [0.5, 0.6) is 0 Å². The Balaban J connectivity index is 2.34. The van der Waals surface area contributed by atoms with Crippen molar-refractivity contribution in [3.63, 3.8) is 0 Å². The van der Waals surface area contributed by atoms with Crippen LogP contribution in [-0.2, 0) is 14.8 Å². The van der Waals surface area contributed by atoms with Crippen molar-refractivity contribution >= 4 is 27.3 Å². The highest BCUT2D eigenvalue weighted by atomic mass is 32.2. The molecule has 8 heteroatoms. The highest BCUT2D eigenvalue weighted by molar-refractivity contribution is 7.92. The van der Waals surface area contributed by atoms with Crippen LogP contribution in [0.15, 0.2) is 42.5 Å². The standard InChI is InChI=1S/C17H18F2N2O3S/c1-11-5-4-6-13(9-11)20-17(22)12(2)21(25(3,23)24)14-7-8-15(18)16(19)10-14/h4-10,12H,1-3H3,(H,20,22). The van der Waals surface area contributed by atoms with Gasteiger partial charge < -0.3 is 5.32 Å². The fraction of sp³-hybridized carbons (Fsp3) is 0.235. The molecule has 1 atom stereocenters. The van der Waals surface area contributed by atoms with E-state index in [4.69, 9.17) is 0 Å². The SMILES string of the molecule is Cc1cccc(NC(=O)C(C)N(c2ccc(F)c(F)c2)S(C)(=O)=O)c1. The lowest BCUT2D eigenvalue weighted by Crippen LogP contribution is -2.45. The van der Waals surface area contributed by atoms with Gasteiger partial charge in [0.25, 0.3) is 0 Å². The summed E-state index contributed by atoms with van der Waals surface area (Å²) in [5.74, 6) is -2.90. The molecule has 1 amide bonds. The average Bonchev–Trinajstić information content (AvgIpc) is 2.49. The Morgan fingerprint density at radius 1 is 1.12 bits per heavy atom. The fourth-order valence-electron chi connectivity index (χ4n) is 2.40. The van der Waals surface area contributed by atoms with Crippen molar-refractivity contribution in [3.8, 4) is 0 Å². The number of halogens is 2. The Kier molecular flexibility index (Phi) is 5.42. The molecule has 0 aliphatic rings. The van der Waals surface area contributed by atoms with Crippen molar-refractivity contribution in [3.05, 3.63) is 59.7 Å². The van der Waals surface area contributed by atoms with Gasteiger partial charge in [-0.2, -0.15) is 0 Å². The zero-order valence-electron chi connectivity index (χ0n) is 14.0. The minimum atomic E-state index is -3.91. The molecule has 25 heavy (non-hydrogen) atoms. The maximum atomic E-state index is 13.5. The van der Waals surface area contributed by atoms with E-state index in [0.29, 0.717) is 5.69 Å². The second-order valence-corrected chi connectivity index (χ2v) is 7.55. The first-order valence-corrected chi connectivity index (χ1v) is 9.26. The second kappa shape index (κ2) is 7.18. The van der Waals surface area contributed by atoms with Gasteiger partial charge in [0, 0.05) is 11.8 Å². The molecule has 0 saturated carbocycles. The number of aryl methyl sites for hydroxylation is 1. The lowest BCUT2D eigenvalue weighted by atomic mass is 10.2. The molecular formula is C17H18F2N2O3S. The lowest BCUT2D eigenvalue weighted by molar-refractivity contribution is -0.116. The van der Waals surface area contributed by atoms with Crippen LogP contribution in [0.3, 0.4) is 0 Å². The number of hydrogen-bond acceptors (Lipinski definition) is 3. The molecule has 0 fully saturated rings. The summed E-state index contributed by atoms with van der Waals surface area (Å²) in [6.45, 7) is 3.22. The summed E-state index contributed by atoms with van der Waals surface area (Å²) in [6.07, 6.45) is 0.894. The molecule has 2 aromatic rings. The number of nitrogens with one attached hydrogen (secondary N) is 1. The van der Waals surface area contributed by atoms with Gasteiger partial charge in [-0.25, -0.2) is 17.2 Å². The molecule has 0 spiro atoms. The number of benzene rings is 2. The van der Waals surface area contributed by atoms with Crippen LogP contribution < -0.4 is 9.62 Å². The number of sulfonamides is 1. The molecule has 0 radical (unpaired) electrons. The fourth-order valence-corrected chi connectivity index (χ4v) is 3.57. The largest absolute Gasteiger partial charge is 0.324 e. The van der Waals surface area contributed by atoms with E-state index in [1.807, 2.05) is 13.0 Å². The van der Waals surface area contributed by atoms with E-state index in [1.165, 1.54) is 6.92 Å². The van der Waals surface area contributed by atoms with Crippen molar-refractivity contribution < 1.29 is 22.0 Å². The van der Waals surface area contributed by atoms with Gasteiger partial charge in [-0.3, -0.25) is 9.10 Å². The number of hydrogen-bond donors (Lipinski definition) is 1. The molecule has 0 aliphatic carbocycles. The minimum absolute atomic E-state index is 0.131. The molecule has 1 N–H and O–H groups in total. The predicted molar refractivity (Wildman–Crippen MR) is 93.0 cm³/mol. The third-order valence-electron chi connectivity index (χ3n) is 3.53. The molecule has 0 heterocycles. The van der Waals surface area contributed by atoms with Crippen molar-refractivity contribution in [2.45, 2.75) is 19.9 Å². The summed E-state index contributed by atoms with van der Waals surface area (Å²) in [6, 6.07) is 8.49. The van der Waals surface area contributed by atoms with Gasteiger partial charge in [0.05, 0.1) is 11.9 Å². The first-order chi connectivity index (χ1) is 11.6. The van der Waals surface area contributed by atoms with Gasteiger partial charge >= 0.3 is 0 Å². The van der Waals surface area contributed by atoms with Crippen molar-refractivity contribution in [2.24, 2.45) is 0 Å². The molecule has 1 unspecified atom stereocenters. The summed E-state index contributed by atoms with van der Waals surface area (Å²) < 4.78 is 51.6. The highest BCUT2D eigenvalue weighted by Gasteiger charge is 2.29. The molecule has 2 aromatic carbocycles. The van der Waals surface area contributed by atoms with Gasteiger partial charge in [-0.05, 0) is 43.7 Å². The first-order valence-electron chi connectivity index (χ1n) is 7.41. The molecule has 134 valence electrons. The van der Waals surface area contributed by atoms with Crippen LogP contribution in [0.2, 0.25) is 0 Å². The van der Waals surface area contributed by atoms with E-state index in [0.717, 1.165) is 34.3 Å². The van der Waals surface area contributed by atoms with E-state index < -0.39 is 33.6 Å². The van der Waals surface area contributed by atoms with Crippen molar-refractivity contribution in [1.82, 2.24) is 0 Å². The van der Waals surface area contributed by atoms with E-state index in [1.54, 1.807) is 18.2 Å². The Labute approximate surface area is 145 Å². The Bertz CT molecular complexity index is 901. The van der Waals surface area contributed by atoms with Gasteiger partial charge in [0.15, 0.2) is 11.6 Å². The normalized spacial score (nSPS) is 12.5. The topological polar surface area (TPSA) is 66.5 Å². The maximum absolute atomic E-state index is 13.5. The van der Waals surface area contributed by atoms with Gasteiger partial charge in [0.2, 0.25) is 15.9 Å². The smallest absolute Gasteiger partial charge is 0.247 e. The van der Waals surface area contributed by atoms with Crippen LogP contribution in [0.25, 0.3) is 0 Å². The maximum Gasteiger partial charge on any atom is 0.247 e. The Morgan fingerprint density at radius 3 is 2.36 bits per heavy atom. The average molecular weight is 368 g/mol. The number of anilines is 2. The van der Waals surface area contributed by atoms with Gasteiger partial charge in [-0.15, -0.1) is 0 Å². The van der Waals surface area contributed by atoms with Gasteiger partial charge in [0.1, 0.15) is 6.04 Å². The minimum Gasteiger partial charge on any atom is -0.324 e. The Hall–Kier alpha value is -2.48. The molecule has 0 aromatic heterocycles. The number of rotatable bonds is 5. The number of carbonyl (C=O) groups is 1. The summed E-state index contributed by atoms with van der Waals surface area (Å²) in [4.78, 5) is 12.5. The van der Waals surface area contributed by atoms with Crippen molar-refractivity contribution in [1.29, 1.82) is 0 Å². The van der Waals surface area contributed by atoms with E-state index in [2.05, 4.69) is 5.32 Å². The molecule has 0 saturated heterocycles. The van der Waals surface area contributed by atoms with Crippen molar-refractivity contribution in [2.75, 3.05) is 15.9 Å². The zero-order valence-corrected chi connectivity index (χ0v) is 14.8. The summed E-state index contributed by atoms with van der Waals surface area (Å²) in [5, 5.41) is 2.62. The van der Waals surface area contributed by atoms with Crippen LogP contribution in [0.1, 0.15) is 12.5 Å². The molecular weight excluding hydrogens is 350 g/mol. The number of amides is 1. The third kappa shape index (κ3) is 4.54. The zero-order chi connectivity index (χ0) is 18.8. The molecule has 5 nitrogen and oxygen atoms in total. The van der Waals surface area contributed by atoms with Crippen LogP contribution in [0.4, 0.5) is 20.2 Å². The summed E-state index contributed by atoms with van der Waals surface area (Å²) in [7, 11) is -3.91. The third-order valence-corrected chi connectivity index (χ3v) is 4.77. The lowest BCUT2D eigenvalue weighted by Gasteiger charge is -2.28. The quantitative estimate of drug-likeness (QED) is 0.882. The second-order valence-electron chi connectivity index (χ2n) is 5.69. The van der Waals surface area contributed by atoms with Crippen LogP contribution >= 0.6 is 0 Å². The van der Waals surface area contributed by atoms with E-state index in [9.17, 15) is 22.0 Å². The highest BCUT2D eigenvalue weighted by Crippen LogP contribution is 2.24. The van der Waals surface area contributed by atoms with Crippen LogP contribution in [-0.4, -0.2) is 26.6 Å². The summed E-state index contributed by atoms with van der Waals surface area (Å²) in [5.41, 5.74) is 1.30.